The van der Waals surface area contributed by atoms with Crippen LogP contribution in [-0.2, 0) is 22.3 Å². The summed E-state index contributed by atoms with van der Waals surface area (Å²) in [6, 6.07) is 4.61. The molecule has 2 aliphatic rings. The minimum atomic E-state index is -4.40. The zero-order chi connectivity index (χ0) is 18.0. The van der Waals surface area contributed by atoms with Crippen molar-refractivity contribution in [3.8, 4) is 0 Å². The number of benzene rings is 1. The van der Waals surface area contributed by atoms with Crippen molar-refractivity contribution >= 4 is 11.8 Å². The van der Waals surface area contributed by atoms with Gasteiger partial charge in [0, 0.05) is 25.7 Å². The number of nitrogens with one attached hydrogen (secondary N) is 2. The standard InChI is InChI=1S/C17H20F3N3O2/c18-17(19,20)12-3-1-2-11(8-12)10-23-7-6-21-16(25)14(23)9-15(24)22-13-4-5-13/h1-3,8,13-14H,4-7,9-10H2,(H,21,25)(H,22,24). The minimum Gasteiger partial charge on any atom is -0.353 e. The molecule has 0 radical (unpaired) electrons. The lowest BCUT2D eigenvalue weighted by molar-refractivity contribution is -0.137. The number of hydrogen-bond donors (Lipinski definition) is 2. The number of piperazine rings is 1. The van der Waals surface area contributed by atoms with Crippen molar-refractivity contribution in [2.45, 2.75) is 44.1 Å². The first-order valence-corrected chi connectivity index (χ1v) is 8.30. The molecule has 2 fully saturated rings. The molecule has 1 heterocycles. The van der Waals surface area contributed by atoms with Gasteiger partial charge in [-0.1, -0.05) is 18.2 Å². The summed E-state index contributed by atoms with van der Waals surface area (Å²) in [4.78, 5) is 25.9. The van der Waals surface area contributed by atoms with Crippen molar-refractivity contribution in [1.82, 2.24) is 15.5 Å². The predicted molar refractivity (Wildman–Crippen MR) is 84.4 cm³/mol. The van der Waals surface area contributed by atoms with Crippen molar-refractivity contribution in [3.63, 3.8) is 0 Å². The maximum Gasteiger partial charge on any atom is 0.416 e. The fourth-order valence-electron chi connectivity index (χ4n) is 2.94. The molecule has 136 valence electrons. The summed E-state index contributed by atoms with van der Waals surface area (Å²) in [5, 5.41) is 5.56. The van der Waals surface area contributed by atoms with Gasteiger partial charge in [0.1, 0.15) is 0 Å². The average Bonchev–Trinajstić information content (AvgIpc) is 3.34. The first-order valence-electron chi connectivity index (χ1n) is 8.30. The van der Waals surface area contributed by atoms with E-state index >= 15 is 0 Å². The molecule has 5 nitrogen and oxygen atoms in total. The molecule has 1 aliphatic heterocycles. The Bertz CT molecular complexity index is 659. The van der Waals surface area contributed by atoms with Gasteiger partial charge in [0.2, 0.25) is 11.8 Å². The van der Waals surface area contributed by atoms with Crippen LogP contribution in [0.1, 0.15) is 30.4 Å². The summed E-state index contributed by atoms with van der Waals surface area (Å²) in [5.41, 5.74) is -0.244. The van der Waals surface area contributed by atoms with Gasteiger partial charge in [-0.3, -0.25) is 14.5 Å². The van der Waals surface area contributed by atoms with E-state index < -0.39 is 17.8 Å². The van der Waals surface area contributed by atoms with Gasteiger partial charge >= 0.3 is 6.18 Å². The van der Waals surface area contributed by atoms with Crippen LogP contribution in [0, 0.1) is 0 Å². The number of alkyl halides is 3. The fraction of sp³-hybridized carbons (Fsp3) is 0.529. The maximum absolute atomic E-state index is 12.9. The van der Waals surface area contributed by atoms with Crippen LogP contribution in [0.2, 0.25) is 0 Å². The molecule has 0 bridgehead atoms. The van der Waals surface area contributed by atoms with Gasteiger partial charge < -0.3 is 10.6 Å². The molecule has 8 heteroatoms. The number of amides is 2. The first kappa shape index (κ1) is 17.7. The van der Waals surface area contributed by atoms with Crippen molar-refractivity contribution in [1.29, 1.82) is 0 Å². The molecule has 1 unspecified atom stereocenters. The second kappa shape index (κ2) is 7.03. The van der Waals surface area contributed by atoms with Crippen molar-refractivity contribution in [2.24, 2.45) is 0 Å². The maximum atomic E-state index is 12.9. The van der Waals surface area contributed by atoms with Crippen molar-refractivity contribution in [3.05, 3.63) is 35.4 Å². The SMILES string of the molecule is O=C(CC1C(=O)NCCN1Cc1cccc(C(F)(F)F)c1)NC1CC1. The highest BCUT2D eigenvalue weighted by Gasteiger charge is 2.34. The summed E-state index contributed by atoms with van der Waals surface area (Å²) in [6.45, 7) is 1.10. The highest BCUT2D eigenvalue weighted by Crippen LogP contribution is 2.30. The number of halogens is 3. The molecular weight excluding hydrogens is 335 g/mol. The Labute approximate surface area is 143 Å². The van der Waals surface area contributed by atoms with Crippen LogP contribution in [0.5, 0.6) is 0 Å². The molecule has 1 atom stereocenters. The van der Waals surface area contributed by atoms with Gasteiger partial charge in [-0.2, -0.15) is 13.2 Å². The molecule has 2 amide bonds. The van der Waals surface area contributed by atoms with Gasteiger partial charge in [0.15, 0.2) is 0 Å². The van der Waals surface area contributed by atoms with Crippen LogP contribution in [0.15, 0.2) is 24.3 Å². The van der Waals surface area contributed by atoms with E-state index in [1.54, 1.807) is 11.0 Å². The van der Waals surface area contributed by atoms with E-state index in [-0.39, 0.29) is 30.8 Å². The van der Waals surface area contributed by atoms with E-state index in [1.165, 1.54) is 6.07 Å². The summed E-state index contributed by atoms with van der Waals surface area (Å²) >= 11 is 0. The van der Waals surface area contributed by atoms with Crippen molar-refractivity contribution in [2.75, 3.05) is 13.1 Å². The van der Waals surface area contributed by atoms with Crippen LogP contribution in [0.3, 0.4) is 0 Å². The molecule has 25 heavy (non-hydrogen) atoms. The van der Waals surface area contributed by atoms with Crippen LogP contribution in [0.4, 0.5) is 13.2 Å². The summed E-state index contributed by atoms with van der Waals surface area (Å²) in [6.07, 6.45) is -2.48. The Morgan fingerprint density at radius 1 is 1.32 bits per heavy atom. The zero-order valence-electron chi connectivity index (χ0n) is 13.6. The second-order valence-corrected chi connectivity index (χ2v) is 6.52. The van der Waals surface area contributed by atoms with Crippen LogP contribution in [0.25, 0.3) is 0 Å². The van der Waals surface area contributed by atoms with Gasteiger partial charge in [-0.15, -0.1) is 0 Å². The Morgan fingerprint density at radius 3 is 2.76 bits per heavy atom. The third-order valence-electron chi connectivity index (χ3n) is 4.40. The number of carbonyl (C=O) groups excluding carboxylic acids is 2. The molecule has 3 rings (SSSR count). The van der Waals surface area contributed by atoms with E-state index in [9.17, 15) is 22.8 Å². The number of carbonyl (C=O) groups is 2. The van der Waals surface area contributed by atoms with E-state index in [1.807, 2.05) is 0 Å². The third kappa shape index (κ3) is 4.72. The second-order valence-electron chi connectivity index (χ2n) is 6.52. The molecule has 1 saturated heterocycles. The monoisotopic (exact) mass is 355 g/mol. The minimum absolute atomic E-state index is 0.0152. The van der Waals surface area contributed by atoms with Crippen LogP contribution >= 0.6 is 0 Å². The molecule has 0 spiro atoms. The van der Waals surface area contributed by atoms with Gasteiger partial charge in [0.05, 0.1) is 18.0 Å². The smallest absolute Gasteiger partial charge is 0.353 e. The normalized spacial score (nSPS) is 21.7. The fourth-order valence-corrected chi connectivity index (χ4v) is 2.94. The zero-order valence-corrected chi connectivity index (χ0v) is 13.6. The predicted octanol–water partition coefficient (Wildman–Crippen LogP) is 1.67. The Morgan fingerprint density at radius 2 is 2.08 bits per heavy atom. The van der Waals surface area contributed by atoms with Gasteiger partial charge in [-0.05, 0) is 24.5 Å². The van der Waals surface area contributed by atoms with Gasteiger partial charge in [-0.25, -0.2) is 0 Å². The summed E-state index contributed by atoms with van der Waals surface area (Å²) in [7, 11) is 0. The molecule has 1 aliphatic carbocycles. The Hall–Kier alpha value is -2.09. The lowest BCUT2D eigenvalue weighted by Gasteiger charge is -2.34. The van der Waals surface area contributed by atoms with E-state index in [4.69, 9.17) is 0 Å². The number of nitrogens with zero attached hydrogens (tertiary/aromatic N) is 1. The summed E-state index contributed by atoms with van der Waals surface area (Å²) in [5.74, 6) is -0.456. The number of rotatable bonds is 5. The van der Waals surface area contributed by atoms with E-state index in [2.05, 4.69) is 10.6 Å². The lowest BCUT2D eigenvalue weighted by Crippen LogP contribution is -2.56. The van der Waals surface area contributed by atoms with E-state index in [0.29, 0.717) is 18.7 Å². The Kier molecular flexibility index (Phi) is 4.99. The lowest BCUT2D eigenvalue weighted by atomic mass is 10.1. The molecular formula is C17H20F3N3O2. The largest absolute Gasteiger partial charge is 0.416 e. The van der Waals surface area contributed by atoms with Crippen LogP contribution in [-0.4, -0.2) is 41.9 Å². The molecule has 1 aromatic rings. The Balaban J connectivity index is 1.69. The average molecular weight is 355 g/mol. The molecule has 1 saturated carbocycles. The van der Waals surface area contributed by atoms with Crippen molar-refractivity contribution < 1.29 is 22.8 Å². The first-order chi connectivity index (χ1) is 11.8. The van der Waals surface area contributed by atoms with Gasteiger partial charge in [0.25, 0.3) is 0 Å². The quantitative estimate of drug-likeness (QED) is 0.845. The van der Waals surface area contributed by atoms with Crippen LogP contribution < -0.4 is 10.6 Å². The molecule has 2 N–H and O–H groups in total. The summed E-state index contributed by atoms with van der Waals surface area (Å²) < 4.78 is 38.6. The third-order valence-corrected chi connectivity index (χ3v) is 4.40. The topological polar surface area (TPSA) is 61.4 Å². The van der Waals surface area contributed by atoms with E-state index in [0.717, 1.165) is 25.0 Å². The molecule has 0 aromatic heterocycles. The highest BCUT2D eigenvalue weighted by atomic mass is 19.4. The number of hydrogen-bond acceptors (Lipinski definition) is 3. The molecule has 1 aromatic carbocycles. The highest BCUT2D eigenvalue weighted by molar-refractivity contribution is 5.89.